The molecule has 0 unspecified atom stereocenters. The summed E-state index contributed by atoms with van der Waals surface area (Å²) < 4.78 is 0. The lowest BCUT2D eigenvalue weighted by molar-refractivity contribution is -0.123. The molecule has 51 heavy (non-hydrogen) atoms. The molecular weight excluding hydrogens is 712 g/mol. The Labute approximate surface area is 292 Å². The van der Waals surface area contributed by atoms with E-state index in [-0.39, 0.29) is 13.2 Å². The van der Waals surface area contributed by atoms with Crippen LogP contribution in [0.1, 0.15) is 6.92 Å². The van der Waals surface area contributed by atoms with Crippen LogP contribution in [0, 0.1) is 0 Å². The molecule has 0 saturated carbocycles. The van der Waals surface area contributed by atoms with E-state index in [1.54, 1.807) is 0 Å². The summed E-state index contributed by atoms with van der Waals surface area (Å²) in [4.78, 5) is 0. The van der Waals surface area contributed by atoms with Gasteiger partial charge in [0.1, 0.15) is 91.6 Å². The van der Waals surface area contributed by atoms with Gasteiger partial charge in [0.25, 0.3) is 0 Å². The molecule has 0 spiro atoms. The summed E-state index contributed by atoms with van der Waals surface area (Å²) in [5, 5.41) is 215. The molecule has 15 atom stereocenters. The van der Waals surface area contributed by atoms with Crippen molar-refractivity contribution in [1.29, 1.82) is 0 Å². The first kappa shape index (κ1) is 59.3. The smallest absolute Gasteiger partial charge is 0.111 e. The van der Waals surface area contributed by atoms with Gasteiger partial charge < -0.3 is 128 Å². The highest BCUT2D eigenvalue weighted by atomic mass is 16.4. The number of aliphatic hydroxyl groups excluding tert-OH is 25. The second-order valence-corrected chi connectivity index (χ2v) is 10.4. The minimum Gasteiger partial charge on any atom is -0.394 e. The van der Waals surface area contributed by atoms with Crippen LogP contribution >= 0.6 is 0 Å². The maximum absolute atomic E-state index is 8.96. The Kier molecular flexibility index (Phi) is 41.8. The van der Waals surface area contributed by atoms with Crippen molar-refractivity contribution < 1.29 is 128 Å². The Morgan fingerprint density at radius 3 is 0.510 bits per heavy atom. The predicted molar refractivity (Wildman–Crippen MR) is 166 cm³/mol. The molecule has 0 saturated heterocycles. The zero-order valence-electron chi connectivity index (χ0n) is 27.8. The van der Waals surface area contributed by atoms with E-state index in [9.17, 15) is 0 Å². The quantitative estimate of drug-likeness (QED) is 0.0546. The van der Waals surface area contributed by atoms with Gasteiger partial charge in [0, 0.05) is 0 Å². The van der Waals surface area contributed by atoms with Gasteiger partial charge in [-0.2, -0.15) is 0 Å². The number of rotatable bonds is 20. The molecule has 0 aliphatic rings. The third-order valence-electron chi connectivity index (χ3n) is 6.03. The van der Waals surface area contributed by atoms with Crippen molar-refractivity contribution in [3.63, 3.8) is 0 Å². The van der Waals surface area contributed by atoms with Crippen LogP contribution in [0.25, 0.3) is 0 Å². The van der Waals surface area contributed by atoms with Gasteiger partial charge in [-0.3, -0.25) is 0 Å². The van der Waals surface area contributed by atoms with Crippen LogP contribution in [0.3, 0.4) is 0 Å². The summed E-state index contributed by atoms with van der Waals surface area (Å²) >= 11 is 0. The molecule has 0 aliphatic carbocycles. The van der Waals surface area contributed by atoms with Crippen LogP contribution < -0.4 is 0 Å². The molecule has 0 aromatic heterocycles. The minimum absolute atomic E-state index is 0.365. The second kappa shape index (κ2) is 36.0. The number of hydrogen-bond donors (Lipinski definition) is 25. The van der Waals surface area contributed by atoms with Crippen molar-refractivity contribution in [1.82, 2.24) is 0 Å². The van der Waals surface area contributed by atoms with Gasteiger partial charge in [0.15, 0.2) is 0 Å². The summed E-state index contributed by atoms with van der Waals surface area (Å²) in [5.74, 6) is 0. The van der Waals surface area contributed by atoms with Crippen molar-refractivity contribution in [3.05, 3.63) is 0 Å². The van der Waals surface area contributed by atoms with Gasteiger partial charge in [-0.15, -0.1) is 0 Å². The monoisotopic (exact) mass is 774 g/mol. The third kappa shape index (κ3) is 29.1. The highest BCUT2D eigenvalue weighted by Crippen LogP contribution is 2.06. The molecule has 25 heteroatoms. The van der Waals surface area contributed by atoms with Gasteiger partial charge >= 0.3 is 0 Å². The standard InChI is InChI=1S/2C6H14O6.C6H14O5.C5H12O5.C3H8O3/c2*7-1-3(9)5(11)6(12)4(10)2-8;1-3(8)5(10)6(11)4(9)2-7;6-1-3(8)5(10)4(9)2-7;4-1-3(6)2-5/h2*3-12H,1-2H2;3-11H,2H2,1H3;3-10H,1-2H2;3-6H,1-2H2/t3-,4+,5-,6-;2*3-,4-,5-,6-;3-,4+,5+;/m111../s1. The lowest BCUT2D eigenvalue weighted by Gasteiger charge is -2.24. The van der Waals surface area contributed by atoms with Crippen molar-refractivity contribution >= 4 is 0 Å². The third-order valence-corrected chi connectivity index (χ3v) is 6.03. The molecule has 0 aliphatic heterocycles. The summed E-state index contributed by atoms with van der Waals surface area (Å²) in [6, 6.07) is 0. The van der Waals surface area contributed by atoms with E-state index in [4.69, 9.17) is 128 Å². The van der Waals surface area contributed by atoms with Gasteiger partial charge in [0.2, 0.25) is 0 Å². The molecule has 0 heterocycles. The average molecular weight is 775 g/mol. The fraction of sp³-hybridized carbons (Fsp3) is 1.00. The summed E-state index contributed by atoms with van der Waals surface area (Å²) in [6.07, 6.45) is -23.5. The molecule has 316 valence electrons. The first-order valence-electron chi connectivity index (χ1n) is 14.9. The number of aliphatic hydroxyl groups is 25. The van der Waals surface area contributed by atoms with E-state index in [1.807, 2.05) is 0 Å². The zero-order valence-corrected chi connectivity index (χ0v) is 27.8. The van der Waals surface area contributed by atoms with E-state index >= 15 is 0 Å². The van der Waals surface area contributed by atoms with Crippen LogP contribution in [0.5, 0.6) is 0 Å². The first-order chi connectivity index (χ1) is 23.5. The van der Waals surface area contributed by atoms with Crippen LogP contribution in [0.2, 0.25) is 0 Å². The Hall–Kier alpha value is -1.00. The van der Waals surface area contributed by atoms with Crippen LogP contribution in [-0.2, 0) is 0 Å². The fourth-order valence-corrected chi connectivity index (χ4v) is 2.49. The summed E-state index contributed by atoms with van der Waals surface area (Å²) in [6.45, 7) is -4.29. The topological polar surface area (TPSA) is 506 Å². The maximum Gasteiger partial charge on any atom is 0.111 e. The van der Waals surface area contributed by atoms with E-state index in [0.29, 0.717) is 0 Å². The molecule has 0 fully saturated rings. The normalized spacial score (nSPS) is 20.1. The Morgan fingerprint density at radius 2 is 0.392 bits per heavy atom. The first-order valence-corrected chi connectivity index (χ1v) is 14.9. The number of hydrogen-bond acceptors (Lipinski definition) is 25. The van der Waals surface area contributed by atoms with E-state index in [1.165, 1.54) is 6.92 Å². The molecule has 0 amide bonds. The molecule has 0 radical (unpaired) electrons. The van der Waals surface area contributed by atoms with Gasteiger partial charge in [0.05, 0.1) is 65.6 Å². The van der Waals surface area contributed by atoms with E-state index in [0.717, 1.165) is 0 Å². The maximum atomic E-state index is 8.96. The predicted octanol–water partition coefficient (Wildman–Crippen LogP) is -14.3. The highest BCUT2D eigenvalue weighted by Gasteiger charge is 2.30. The van der Waals surface area contributed by atoms with E-state index < -0.39 is 144 Å². The largest absolute Gasteiger partial charge is 0.394 e. The highest BCUT2D eigenvalue weighted by molar-refractivity contribution is 4.81. The van der Waals surface area contributed by atoms with Crippen molar-refractivity contribution in [2.75, 3.05) is 59.5 Å². The lowest BCUT2D eigenvalue weighted by atomic mass is 10.0. The molecule has 0 aromatic carbocycles. The average Bonchev–Trinajstić information content (AvgIpc) is 3.16. The fourth-order valence-electron chi connectivity index (χ4n) is 2.49. The van der Waals surface area contributed by atoms with Crippen LogP contribution in [-0.4, -0.2) is 285 Å². The molecular formula is C26H62O25. The molecule has 25 nitrogen and oxygen atoms in total. The van der Waals surface area contributed by atoms with Crippen molar-refractivity contribution in [2.24, 2.45) is 0 Å². The van der Waals surface area contributed by atoms with Crippen LogP contribution in [0.15, 0.2) is 0 Å². The van der Waals surface area contributed by atoms with Gasteiger partial charge in [-0.25, -0.2) is 0 Å². The van der Waals surface area contributed by atoms with E-state index in [2.05, 4.69) is 0 Å². The minimum atomic E-state index is -1.67. The van der Waals surface area contributed by atoms with Crippen molar-refractivity contribution in [2.45, 2.75) is 105 Å². The zero-order chi connectivity index (χ0) is 41.6. The molecule has 0 aromatic rings. The van der Waals surface area contributed by atoms with Gasteiger partial charge in [-0.05, 0) is 6.92 Å². The SMILES string of the molecule is C[C@@H](O)[C@@H](O)[C@H](O)[C@H](O)CO.OCC(O)CO.OC[C@@H](O)[C@@H](O)[C@H](O)[C@@H](O)CO.OC[C@@H](O)[C@@H](O)[C@H](O)[C@H](O)CO.OC[C@@H](O)[C@H](O)[C@@H](O)CO. The summed E-state index contributed by atoms with van der Waals surface area (Å²) in [7, 11) is 0. The lowest BCUT2D eigenvalue weighted by Crippen LogP contribution is -2.46. The Bertz CT molecular complexity index is 644. The molecule has 0 bridgehead atoms. The van der Waals surface area contributed by atoms with Gasteiger partial charge in [-0.1, -0.05) is 0 Å². The summed E-state index contributed by atoms with van der Waals surface area (Å²) in [5.41, 5.74) is 0. The molecule has 0 rings (SSSR count). The second-order valence-electron chi connectivity index (χ2n) is 10.4. The Balaban J connectivity index is -0.000000176. The van der Waals surface area contributed by atoms with Crippen molar-refractivity contribution in [3.8, 4) is 0 Å². The van der Waals surface area contributed by atoms with Crippen LogP contribution in [0.4, 0.5) is 0 Å². The Morgan fingerprint density at radius 1 is 0.235 bits per heavy atom. The molecule has 25 N–H and O–H groups in total.